The summed E-state index contributed by atoms with van der Waals surface area (Å²) in [6.45, 7) is 3.01. The van der Waals surface area contributed by atoms with Crippen LogP contribution in [0.2, 0.25) is 0 Å². The minimum atomic E-state index is 0.649. The standard InChI is InChI=1S/C12H20NP/c1-2-3-10(8-9-13)11-4-6-12(14)7-5-11/h4-7,10H,2-3,8-9,13-14H2,1H3. The quantitative estimate of drug-likeness (QED) is 0.740. The minimum Gasteiger partial charge on any atom is -0.330 e. The molecule has 2 atom stereocenters. The third-order valence-corrected chi connectivity index (χ3v) is 2.95. The van der Waals surface area contributed by atoms with E-state index in [0.717, 1.165) is 13.0 Å². The van der Waals surface area contributed by atoms with Gasteiger partial charge in [0.2, 0.25) is 0 Å². The van der Waals surface area contributed by atoms with E-state index in [1.54, 1.807) is 0 Å². The van der Waals surface area contributed by atoms with Gasteiger partial charge in [0, 0.05) is 0 Å². The van der Waals surface area contributed by atoms with Gasteiger partial charge in [0.25, 0.3) is 0 Å². The lowest BCUT2D eigenvalue weighted by Gasteiger charge is -2.15. The first-order valence-electron chi connectivity index (χ1n) is 5.33. The van der Waals surface area contributed by atoms with Crippen molar-refractivity contribution in [2.24, 2.45) is 5.73 Å². The lowest BCUT2D eigenvalue weighted by Crippen LogP contribution is -2.08. The highest BCUT2D eigenvalue weighted by Crippen LogP contribution is 2.23. The van der Waals surface area contributed by atoms with Gasteiger partial charge in [0.05, 0.1) is 0 Å². The number of benzene rings is 1. The fourth-order valence-electron chi connectivity index (χ4n) is 1.80. The Kier molecular flexibility index (Phi) is 5.14. The highest BCUT2D eigenvalue weighted by molar-refractivity contribution is 7.27. The first kappa shape index (κ1) is 11.7. The molecule has 0 spiro atoms. The molecule has 1 aromatic carbocycles. The van der Waals surface area contributed by atoms with Gasteiger partial charge in [-0.15, -0.1) is 9.24 Å². The largest absolute Gasteiger partial charge is 0.330 e. The molecular weight excluding hydrogens is 189 g/mol. The Labute approximate surface area is 89.3 Å². The summed E-state index contributed by atoms with van der Waals surface area (Å²) in [6, 6.07) is 8.75. The monoisotopic (exact) mass is 209 g/mol. The van der Waals surface area contributed by atoms with Crippen LogP contribution in [0.15, 0.2) is 24.3 Å². The fraction of sp³-hybridized carbons (Fsp3) is 0.500. The Morgan fingerprint density at radius 2 is 1.86 bits per heavy atom. The summed E-state index contributed by atoms with van der Waals surface area (Å²) in [7, 11) is 2.71. The summed E-state index contributed by atoms with van der Waals surface area (Å²) in [5, 5.41) is 1.25. The maximum absolute atomic E-state index is 5.62. The molecule has 1 nitrogen and oxygen atoms in total. The normalized spacial score (nSPS) is 12.8. The van der Waals surface area contributed by atoms with Crippen molar-refractivity contribution in [2.75, 3.05) is 6.54 Å². The van der Waals surface area contributed by atoms with Crippen molar-refractivity contribution in [3.63, 3.8) is 0 Å². The second kappa shape index (κ2) is 6.16. The van der Waals surface area contributed by atoms with E-state index >= 15 is 0 Å². The van der Waals surface area contributed by atoms with Crippen LogP contribution in [-0.2, 0) is 0 Å². The Bertz CT molecular complexity index is 250. The van der Waals surface area contributed by atoms with Crippen molar-refractivity contribution >= 4 is 14.5 Å². The molecule has 0 saturated heterocycles. The zero-order valence-corrected chi connectivity index (χ0v) is 10.0. The van der Waals surface area contributed by atoms with Crippen LogP contribution in [0.4, 0.5) is 0 Å². The van der Waals surface area contributed by atoms with E-state index in [1.165, 1.54) is 23.7 Å². The Balaban J connectivity index is 2.71. The van der Waals surface area contributed by atoms with Crippen molar-refractivity contribution < 1.29 is 0 Å². The topological polar surface area (TPSA) is 26.0 Å². The zero-order valence-electron chi connectivity index (χ0n) is 8.87. The average molecular weight is 209 g/mol. The second-order valence-corrected chi connectivity index (χ2v) is 4.40. The lowest BCUT2D eigenvalue weighted by atomic mass is 9.91. The van der Waals surface area contributed by atoms with Crippen LogP contribution in [0.1, 0.15) is 37.7 Å². The fourth-order valence-corrected chi connectivity index (χ4v) is 1.99. The predicted molar refractivity (Wildman–Crippen MR) is 67.1 cm³/mol. The van der Waals surface area contributed by atoms with E-state index in [-0.39, 0.29) is 0 Å². The number of rotatable bonds is 5. The Morgan fingerprint density at radius 1 is 1.21 bits per heavy atom. The molecule has 0 aromatic heterocycles. The van der Waals surface area contributed by atoms with Crippen LogP contribution >= 0.6 is 9.24 Å². The summed E-state index contributed by atoms with van der Waals surface area (Å²) in [5.41, 5.74) is 7.06. The molecule has 0 saturated carbocycles. The predicted octanol–water partition coefficient (Wildman–Crippen LogP) is 2.42. The van der Waals surface area contributed by atoms with Gasteiger partial charge in [0.15, 0.2) is 0 Å². The van der Waals surface area contributed by atoms with E-state index in [0.29, 0.717) is 5.92 Å². The molecule has 0 aliphatic rings. The van der Waals surface area contributed by atoms with Gasteiger partial charge in [-0.1, -0.05) is 37.6 Å². The second-order valence-electron chi connectivity index (χ2n) is 3.73. The van der Waals surface area contributed by atoms with Gasteiger partial charge in [0.1, 0.15) is 0 Å². The number of hydrogen-bond acceptors (Lipinski definition) is 1. The van der Waals surface area contributed by atoms with E-state index in [2.05, 4.69) is 40.4 Å². The molecule has 0 bridgehead atoms. The number of hydrogen-bond donors (Lipinski definition) is 1. The van der Waals surface area contributed by atoms with Crippen LogP contribution in [0.25, 0.3) is 0 Å². The SMILES string of the molecule is CCCC(CCN)c1ccc(P)cc1. The van der Waals surface area contributed by atoms with E-state index in [1.807, 2.05) is 0 Å². The van der Waals surface area contributed by atoms with Crippen molar-refractivity contribution in [3.8, 4) is 0 Å². The third kappa shape index (κ3) is 3.40. The van der Waals surface area contributed by atoms with Crippen molar-refractivity contribution in [3.05, 3.63) is 29.8 Å². The minimum absolute atomic E-state index is 0.649. The van der Waals surface area contributed by atoms with Gasteiger partial charge in [-0.3, -0.25) is 0 Å². The Morgan fingerprint density at radius 3 is 2.36 bits per heavy atom. The molecule has 78 valence electrons. The lowest BCUT2D eigenvalue weighted by molar-refractivity contribution is 0.576. The van der Waals surface area contributed by atoms with Gasteiger partial charge >= 0.3 is 0 Å². The Hall–Kier alpha value is -0.390. The van der Waals surface area contributed by atoms with E-state index < -0.39 is 0 Å². The molecule has 1 rings (SSSR count). The van der Waals surface area contributed by atoms with Gasteiger partial charge in [-0.2, -0.15) is 0 Å². The summed E-state index contributed by atoms with van der Waals surface area (Å²) in [4.78, 5) is 0. The summed E-state index contributed by atoms with van der Waals surface area (Å²) in [5.74, 6) is 0.649. The van der Waals surface area contributed by atoms with Crippen LogP contribution < -0.4 is 11.0 Å². The van der Waals surface area contributed by atoms with Gasteiger partial charge in [-0.25, -0.2) is 0 Å². The molecule has 0 aliphatic heterocycles. The van der Waals surface area contributed by atoms with Crippen molar-refractivity contribution in [2.45, 2.75) is 32.1 Å². The molecule has 0 fully saturated rings. The van der Waals surface area contributed by atoms with Gasteiger partial charge in [-0.05, 0) is 36.2 Å². The smallest absolute Gasteiger partial charge is 0.00714 e. The van der Waals surface area contributed by atoms with Crippen LogP contribution in [-0.4, -0.2) is 6.54 Å². The van der Waals surface area contributed by atoms with Crippen molar-refractivity contribution in [1.29, 1.82) is 0 Å². The molecule has 2 N–H and O–H groups in total. The highest BCUT2D eigenvalue weighted by Gasteiger charge is 2.08. The molecule has 0 aliphatic carbocycles. The molecule has 0 heterocycles. The molecular formula is C12H20NP. The summed E-state index contributed by atoms with van der Waals surface area (Å²) < 4.78 is 0. The maximum Gasteiger partial charge on any atom is -0.00714 e. The van der Waals surface area contributed by atoms with E-state index in [9.17, 15) is 0 Å². The number of nitrogens with two attached hydrogens (primary N) is 1. The maximum atomic E-state index is 5.62. The van der Waals surface area contributed by atoms with Gasteiger partial charge < -0.3 is 5.73 Å². The van der Waals surface area contributed by atoms with Crippen LogP contribution in [0, 0.1) is 0 Å². The average Bonchev–Trinajstić information content (AvgIpc) is 2.19. The summed E-state index contributed by atoms with van der Waals surface area (Å²) >= 11 is 0. The molecule has 14 heavy (non-hydrogen) atoms. The van der Waals surface area contributed by atoms with Crippen molar-refractivity contribution in [1.82, 2.24) is 0 Å². The molecule has 2 heteroatoms. The zero-order chi connectivity index (χ0) is 10.4. The molecule has 0 radical (unpaired) electrons. The third-order valence-electron chi connectivity index (χ3n) is 2.56. The van der Waals surface area contributed by atoms with E-state index in [4.69, 9.17) is 5.73 Å². The molecule has 0 amide bonds. The first-order valence-corrected chi connectivity index (χ1v) is 5.91. The highest BCUT2D eigenvalue weighted by atomic mass is 31.0. The molecule has 1 aromatic rings. The summed E-state index contributed by atoms with van der Waals surface area (Å²) in [6.07, 6.45) is 3.57. The van der Waals surface area contributed by atoms with Crippen LogP contribution in [0.5, 0.6) is 0 Å². The van der Waals surface area contributed by atoms with Crippen LogP contribution in [0.3, 0.4) is 0 Å². The first-order chi connectivity index (χ1) is 6.77. The molecule has 2 unspecified atom stereocenters.